The summed E-state index contributed by atoms with van der Waals surface area (Å²) in [5, 5.41) is 10.7. The Kier molecular flexibility index (Phi) is 4.12. The molecule has 3 heteroatoms. The molecule has 0 aliphatic heterocycles. The van der Waals surface area contributed by atoms with Gasteiger partial charge in [0.15, 0.2) is 0 Å². The van der Waals surface area contributed by atoms with Gasteiger partial charge >= 0.3 is 0 Å². The number of fused-ring (bicyclic) bond motifs is 5. The van der Waals surface area contributed by atoms with Gasteiger partial charge < -0.3 is 5.11 Å². The van der Waals surface area contributed by atoms with Gasteiger partial charge in [0.1, 0.15) is 0 Å². The standard InChI is InChI=1S/C22H36F2O/c1-13(2)15-11-14-12-22(23,24)10-9-20(14,3)17-7-8-21(4)16(19(15)17)5-6-18(21)25/h13-19,25H,5-12H2,1-4H3/t14?,15?,16?,17?,18-,19-,20-,21-/m0/s1. The zero-order valence-corrected chi connectivity index (χ0v) is 16.4. The van der Waals surface area contributed by atoms with Gasteiger partial charge in [0.25, 0.3) is 0 Å². The minimum absolute atomic E-state index is 0.0656. The van der Waals surface area contributed by atoms with E-state index in [9.17, 15) is 13.9 Å². The fourth-order valence-electron chi connectivity index (χ4n) is 7.93. The molecule has 0 amide bonds. The lowest BCUT2D eigenvalue weighted by atomic mass is 9.42. The van der Waals surface area contributed by atoms with Crippen molar-refractivity contribution in [3.63, 3.8) is 0 Å². The first-order valence-electron chi connectivity index (χ1n) is 10.6. The maximum absolute atomic E-state index is 14.2. The first-order chi connectivity index (χ1) is 11.6. The molecular weight excluding hydrogens is 318 g/mol. The Hall–Kier alpha value is -0.180. The van der Waals surface area contributed by atoms with Crippen molar-refractivity contribution in [2.45, 2.75) is 91.1 Å². The second-order valence-electron chi connectivity index (χ2n) is 10.8. The highest BCUT2D eigenvalue weighted by atomic mass is 19.3. The smallest absolute Gasteiger partial charge is 0.248 e. The number of aliphatic hydroxyl groups is 1. The zero-order chi connectivity index (χ0) is 18.2. The van der Waals surface area contributed by atoms with Gasteiger partial charge in [-0.25, -0.2) is 8.78 Å². The molecule has 4 rings (SSSR count). The van der Waals surface area contributed by atoms with Crippen LogP contribution in [-0.4, -0.2) is 17.1 Å². The topological polar surface area (TPSA) is 20.2 Å². The lowest BCUT2D eigenvalue weighted by Gasteiger charge is -2.63. The van der Waals surface area contributed by atoms with Gasteiger partial charge in [0, 0.05) is 12.8 Å². The molecule has 1 nitrogen and oxygen atoms in total. The summed E-state index contributed by atoms with van der Waals surface area (Å²) in [7, 11) is 0. The van der Waals surface area contributed by atoms with E-state index in [1.807, 2.05) is 0 Å². The number of halogens is 2. The molecule has 1 N–H and O–H groups in total. The molecule has 0 spiro atoms. The van der Waals surface area contributed by atoms with Crippen LogP contribution in [0.25, 0.3) is 0 Å². The Morgan fingerprint density at radius 3 is 2.28 bits per heavy atom. The van der Waals surface area contributed by atoms with E-state index in [1.165, 1.54) is 0 Å². The SMILES string of the molecule is CC(C)C1CC2CC(F)(F)CC[C@]2(C)C2CC[C@@]3(C)C(CC[C@@H]3O)[C@H]12. The van der Waals surface area contributed by atoms with Crippen molar-refractivity contribution in [1.82, 2.24) is 0 Å². The fourth-order valence-corrected chi connectivity index (χ4v) is 7.93. The number of rotatable bonds is 1. The fraction of sp³-hybridized carbons (Fsp3) is 1.00. The summed E-state index contributed by atoms with van der Waals surface area (Å²) in [6.45, 7) is 9.24. The van der Waals surface area contributed by atoms with Crippen LogP contribution in [0.4, 0.5) is 8.78 Å². The molecule has 0 saturated heterocycles. The third kappa shape index (κ3) is 2.54. The Morgan fingerprint density at radius 1 is 0.920 bits per heavy atom. The maximum atomic E-state index is 14.2. The average Bonchev–Trinajstić information content (AvgIpc) is 2.83. The van der Waals surface area contributed by atoms with Crippen LogP contribution in [0.15, 0.2) is 0 Å². The lowest BCUT2D eigenvalue weighted by Crippen LogP contribution is -2.58. The van der Waals surface area contributed by atoms with E-state index in [-0.39, 0.29) is 35.7 Å². The third-order valence-electron chi connectivity index (χ3n) is 9.54. The highest BCUT2D eigenvalue weighted by Gasteiger charge is 2.64. The molecule has 4 saturated carbocycles. The Morgan fingerprint density at radius 2 is 1.60 bits per heavy atom. The van der Waals surface area contributed by atoms with Gasteiger partial charge in [0.2, 0.25) is 5.92 Å². The van der Waals surface area contributed by atoms with Crippen molar-refractivity contribution in [2.75, 3.05) is 0 Å². The van der Waals surface area contributed by atoms with Gasteiger partial charge in [-0.2, -0.15) is 0 Å². The predicted molar refractivity (Wildman–Crippen MR) is 96.4 cm³/mol. The van der Waals surface area contributed by atoms with E-state index in [0.29, 0.717) is 36.0 Å². The molecule has 0 radical (unpaired) electrons. The first-order valence-corrected chi connectivity index (χ1v) is 10.6. The van der Waals surface area contributed by atoms with E-state index < -0.39 is 5.92 Å². The van der Waals surface area contributed by atoms with Crippen LogP contribution in [0.5, 0.6) is 0 Å². The molecule has 0 aromatic rings. The minimum atomic E-state index is -2.45. The average molecular weight is 355 g/mol. The summed E-state index contributed by atoms with van der Waals surface area (Å²) < 4.78 is 28.4. The third-order valence-corrected chi connectivity index (χ3v) is 9.54. The number of hydrogen-bond acceptors (Lipinski definition) is 1. The van der Waals surface area contributed by atoms with Gasteiger partial charge in [-0.05, 0) is 84.9 Å². The van der Waals surface area contributed by atoms with Crippen molar-refractivity contribution >= 4 is 0 Å². The van der Waals surface area contributed by atoms with Crippen LogP contribution in [0.3, 0.4) is 0 Å². The highest BCUT2D eigenvalue weighted by molar-refractivity contribution is 5.12. The molecule has 0 heterocycles. The molecule has 0 bridgehead atoms. The monoisotopic (exact) mass is 354 g/mol. The van der Waals surface area contributed by atoms with E-state index in [4.69, 9.17) is 0 Å². The minimum Gasteiger partial charge on any atom is -0.393 e. The summed E-state index contributed by atoms with van der Waals surface area (Å²) >= 11 is 0. The Bertz CT molecular complexity index is 532. The van der Waals surface area contributed by atoms with Crippen molar-refractivity contribution < 1.29 is 13.9 Å². The van der Waals surface area contributed by atoms with Crippen LogP contribution in [0, 0.1) is 46.3 Å². The van der Waals surface area contributed by atoms with Crippen molar-refractivity contribution in [3.05, 3.63) is 0 Å². The molecule has 144 valence electrons. The van der Waals surface area contributed by atoms with Crippen molar-refractivity contribution in [3.8, 4) is 0 Å². The van der Waals surface area contributed by atoms with Crippen LogP contribution < -0.4 is 0 Å². The summed E-state index contributed by atoms with van der Waals surface area (Å²) in [4.78, 5) is 0. The quantitative estimate of drug-likeness (QED) is 0.621. The molecule has 4 aliphatic rings. The summed E-state index contributed by atoms with van der Waals surface area (Å²) in [6, 6.07) is 0. The van der Waals surface area contributed by atoms with Crippen LogP contribution in [-0.2, 0) is 0 Å². The van der Waals surface area contributed by atoms with Crippen LogP contribution in [0.2, 0.25) is 0 Å². The van der Waals surface area contributed by atoms with E-state index in [0.717, 1.165) is 32.1 Å². The molecule has 25 heavy (non-hydrogen) atoms. The van der Waals surface area contributed by atoms with E-state index >= 15 is 0 Å². The molecule has 8 atom stereocenters. The lowest BCUT2D eigenvalue weighted by molar-refractivity contribution is -0.189. The Labute approximate surface area is 152 Å². The number of hydrogen-bond donors (Lipinski definition) is 1. The predicted octanol–water partition coefficient (Wildman–Crippen LogP) is 5.91. The van der Waals surface area contributed by atoms with E-state index in [2.05, 4.69) is 27.7 Å². The number of aliphatic hydroxyl groups excluding tert-OH is 1. The van der Waals surface area contributed by atoms with Crippen LogP contribution >= 0.6 is 0 Å². The normalized spacial score (nSPS) is 54.7. The Balaban J connectivity index is 1.72. The highest BCUT2D eigenvalue weighted by Crippen LogP contribution is 2.69. The van der Waals surface area contributed by atoms with Crippen LogP contribution in [0.1, 0.15) is 79.1 Å². The van der Waals surface area contributed by atoms with Gasteiger partial charge in [-0.15, -0.1) is 0 Å². The second-order valence-corrected chi connectivity index (χ2v) is 10.8. The van der Waals surface area contributed by atoms with E-state index in [1.54, 1.807) is 0 Å². The molecule has 0 aromatic carbocycles. The summed E-state index contributed by atoms with van der Waals surface area (Å²) in [6.07, 6.45) is 6.01. The van der Waals surface area contributed by atoms with Crippen molar-refractivity contribution in [1.29, 1.82) is 0 Å². The maximum Gasteiger partial charge on any atom is 0.248 e. The molecule has 4 fully saturated rings. The first kappa shape index (κ1) is 18.2. The second kappa shape index (κ2) is 5.66. The van der Waals surface area contributed by atoms with Gasteiger partial charge in [-0.3, -0.25) is 0 Å². The van der Waals surface area contributed by atoms with Gasteiger partial charge in [0.05, 0.1) is 6.10 Å². The van der Waals surface area contributed by atoms with Crippen molar-refractivity contribution in [2.24, 2.45) is 46.3 Å². The zero-order valence-electron chi connectivity index (χ0n) is 16.4. The number of alkyl halides is 2. The molecule has 4 aliphatic carbocycles. The summed E-state index contributed by atoms with van der Waals surface area (Å²) in [5.74, 6) is 0.627. The molecule has 0 aromatic heterocycles. The molecule has 4 unspecified atom stereocenters. The van der Waals surface area contributed by atoms with Gasteiger partial charge in [-0.1, -0.05) is 27.7 Å². The summed E-state index contributed by atoms with van der Waals surface area (Å²) in [5.41, 5.74) is 0.155. The molecular formula is C22H36F2O. The largest absolute Gasteiger partial charge is 0.393 e.